The van der Waals surface area contributed by atoms with Gasteiger partial charge in [0.25, 0.3) is 0 Å². The van der Waals surface area contributed by atoms with Crippen molar-refractivity contribution in [2.24, 2.45) is 0 Å². The number of hydrogen-bond donors (Lipinski definition) is 0. The van der Waals surface area contributed by atoms with Crippen LogP contribution >= 0.6 is 11.6 Å². The molecule has 104 valence electrons. The summed E-state index contributed by atoms with van der Waals surface area (Å²) in [5.41, 5.74) is 3.41. The lowest BCUT2D eigenvalue weighted by atomic mass is 10.1. The first-order valence-electron chi connectivity index (χ1n) is 6.73. The van der Waals surface area contributed by atoms with E-state index >= 15 is 0 Å². The Morgan fingerprint density at radius 3 is 2.84 bits per heavy atom. The maximum Gasteiger partial charge on any atom is 0.125 e. The maximum absolute atomic E-state index is 6.06. The van der Waals surface area contributed by atoms with Crippen LogP contribution in [0.1, 0.15) is 37.2 Å². The van der Waals surface area contributed by atoms with Gasteiger partial charge in [0.2, 0.25) is 0 Å². The lowest BCUT2D eigenvalue weighted by Crippen LogP contribution is -2.16. The second kappa shape index (κ2) is 6.40. The Balaban J connectivity index is 2.56. The molecule has 1 atom stereocenters. The average Bonchev–Trinajstić information content (AvgIpc) is 2.76. The van der Waals surface area contributed by atoms with Crippen LogP contribution < -0.4 is 0 Å². The van der Waals surface area contributed by atoms with Gasteiger partial charge in [-0.3, -0.25) is 0 Å². The Labute approximate surface area is 119 Å². The number of rotatable bonds is 6. The smallest absolute Gasteiger partial charge is 0.125 e. The van der Waals surface area contributed by atoms with E-state index in [0.29, 0.717) is 18.5 Å². The third-order valence-electron chi connectivity index (χ3n) is 3.38. The molecule has 0 aliphatic carbocycles. The van der Waals surface area contributed by atoms with Crippen LogP contribution in [0.25, 0.3) is 11.0 Å². The van der Waals surface area contributed by atoms with Crippen molar-refractivity contribution in [2.75, 3.05) is 13.7 Å². The number of aryl methyl sites for hydroxylation is 1. The lowest BCUT2D eigenvalue weighted by molar-refractivity contribution is 0.151. The molecule has 2 rings (SSSR count). The van der Waals surface area contributed by atoms with Gasteiger partial charge in [0.15, 0.2) is 0 Å². The number of fused-ring (bicyclic) bond motifs is 1. The van der Waals surface area contributed by atoms with Crippen LogP contribution in [0, 0.1) is 6.92 Å². The Kier molecular flexibility index (Phi) is 4.83. The summed E-state index contributed by atoms with van der Waals surface area (Å²) in [6, 6.07) is 6.63. The van der Waals surface area contributed by atoms with E-state index in [1.54, 1.807) is 7.11 Å². The molecular weight excluding hydrogens is 260 g/mol. The Morgan fingerprint density at radius 2 is 2.21 bits per heavy atom. The number of aromatic nitrogens is 2. The number of alkyl halides is 1. The molecule has 19 heavy (non-hydrogen) atoms. The summed E-state index contributed by atoms with van der Waals surface area (Å²) in [6.45, 7) is 4.98. The van der Waals surface area contributed by atoms with Crippen LogP contribution in [-0.2, 0) is 10.6 Å². The summed E-state index contributed by atoms with van der Waals surface area (Å²) < 4.78 is 7.62. The summed E-state index contributed by atoms with van der Waals surface area (Å²) in [4.78, 5) is 4.63. The van der Waals surface area contributed by atoms with Gasteiger partial charge in [-0.15, -0.1) is 11.6 Å². The van der Waals surface area contributed by atoms with Gasteiger partial charge in [-0.2, -0.15) is 0 Å². The van der Waals surface area contributed by atoms with E-state index in [1.807, 2.05) is 0 Å². The van der Waals surface area contributed by atoms with Crippen molar-refractivity contribution >= 4 is 22.6 Å². The zero-order valence-electron chi connectivity index (χ0n) is 11.8. The van der Waals surface area contributed by atoms with E-state index in [-0.39, 0.29) is 0 Å². The van der Waals surface area contributed by atoms with Crippen molar-refractivity contribution in [1.29, 1.82) is 0 Å². The second-order valence-electron chi connectivity index (χ2n) is 4.92. The van der Waals surface area contributed by atoms with E-state index in [4.69, 9.17) is 16.3 Å². The Hall–Kier alpha value is -1.06. The quantitative estimate of drug-likeness (QED) is 0.746. The van der Waals surface area contributed by atoms with Gasteiger partial charge in [-0.05, 0) is 31.0 Å². The molecule has 4 heteroatoms. The van der Waals surface area contributed by atoms with Crippen LogP contribution in [0.15, 0.2) is 18.2 Å². The molecule has 1 unspecified atom stereocenters. The normalized spacial score (nSPS) is 13.1. The third-order valence-corrected chi connectivity index (χ3v) is 3.62. The molecule has 1 heterocycles. The first-order chi connectivity index (χ1) is 9.21. The average molecular weight is 281 g/mol. The van der Waals surface area contributed by atoms with E-state index in [9.17, 15) is 0 Å². The fourth-order valence-electron chi connectivity index (χ4n) is 2.57. The molecule has 0 amide bonds. The minimum atomic E-state index is 0.301. The molecule has 0 aliphatic rings. The first-order valence-corrected chi connectivity index (χ1v) is 7.27. The molecule has 0 saturated heterocycles. The highest BCUT2D eigenvalue weighted by molar-refractivity contribution is 6.16. The number of nitrogens with zero attached hydrogens (tertiary/aromatic N) is 2. The van der Waals surface area contributed by atoms with Crippen LogP contribution in [-0.4, -0.2) is 23.3 Å². The molecule has 0 radical (unpaired) electrons. The molecule has 0 aliphatic heterocycles. The first kappa shape index (κ1) is 14.4. The lowest BCUT2D eigenvalue weighted by Gasteiger charge is -2.20. The largest absolute Gasteiger partial charge is 0.383 e. The highest BCUT2D eigenvalue weighted by atomic mass is 35.5. The monoisotopic (exact) mass is 280 g/mol. The van der Waals surface area contributed by atoms with Gasteiger partial charge >= 0.3 is 0 Å². The molecular formula is C15H21ClN2O. The predicted molar refractivity (Wildman–Crippen MR) is 79.8 cm³/mol. The fraction of sp³-hybridized carbons (Fsp3) is 0.533. The summed E-state index contributed by atoms with van der Waals surface area (Å²) in [6.07, 6.45) is 2.18. The van der Waals surface area contributed by atoms with Crippen LogP contribution in [0.3, 0.4) is 0 Å². The van der Waals surface area contributed by atoms with E-state index in [1.165, 1.54) is 5.56 Å². The zero-order valence-corrected chi connectivity index (χ0v) is 12.6. The standard InChI is InChI=1S/C15H21ClN2O/c1-4-5-12(10-19-3)18-14-8-11(2)6-7-13(14)17-15(18)9-16/h6-8,12H,4-5,9-10H2,1-3H3. The molecule has 0 fully saturated rings. The number of ether oxygens (including phenoxy) is 1. The Bertz CT molecular complexity index is 544. The van der Waals surface area contributed by atoms with Crippen molar-refractivity contribution in [3.63, 3.8) is 0 Å². The number of hydrogen-bond acceptors (Lipinski definition) is 2. The summed E-state index contributed by atoms with van der Waals surface area (Å²) >= 11 is 6.06. The molecule has 0 N–H and O–H groups in total. The minimum Gasteiger partial charge on any atom is -0.383 e. The number of benzene rings is 1. The summed E-state index contributed by atoms with van der Waals surface area (Å²) in [5, 5.41) is 0. The molecule has 0 bridgehead atoms. The molecule has 1 aromatic carbocycles. The van der Waals surface area contributed by atoms with Gasteiger partial charge in [0, 0.05) is 7.11 Å². The third kappa shape index (κ3) is 2.93. The van der Waals surface area contributed by atoms with E-state index < -0.39 is 0 Å². The molecule has 1 aromatic heterocycles. The number of imidazole rings is 1. The molecule has 2 aromatic rings. The van der Waals surface area contributed by atoms with E-state index in [2.05, 4.69) is 41.6 Å². The minimum absolute atomic E-state index is 0.301. The van der Waals surface area contributed by atoms with Crippen molar-refractivity contribution < 1.29 is 4.74 Å². The summed E-state index contributed by atoms with van der Waals surface area (Å²) in [5.74, 6) is 1.36. The van der Waals surface area contributed by atoms with Gasteiger partial charge in [-0.1, -0.05) is 19.4 Å². The van der Waals surface area contributed by atoms with Crippen molar-refractivity contribution in [3.05, 3.63) is 29.6 Å². The van der Waals surface area contributed by atoms with Crippen molar-refractivity contribution in [3.8, 4) is 0 Å². The van der Waals surface area contributed by atoms with Crippen molar-refractivity contribution in [1.82, 2.24) is 9.55 Å². The van der Waals surface area contributed by atoms with Crippen LogP contribution in [0.5, 0.6) is 0 Å². The second-order valence-corrected chi connectivity index (χ2v) is 5.19. The number of methoxy groups -OCH3 is 1. The Morgan fingerprint density at radius 1 is 1.42 bits per heavy atom. The SMILES string of the molecule is CCCC(COC)n1c(CCl)nc2ccc(C)cc21. The molecule has 0 spiro atoms. The van der Waals surface area contributed by atoms with Gasteiger partial charge < -0.3 is 9.30 Å². The highest BCUT2D eigenvalue weighted by Crippen LogP contribution is 2.26. The fourth-order valence-corrected chi connectivity index (χ4v) is 2.76. The van der Waals surface area contributed by atoms with Gasteiger partial charge in [-0.25, -0.2) is 4.98 Å². The van der Waals surface area contributed by atoms with Crippen LogP contribution in [0.4, 0.5) is 0 Å². The highest BCUT2D eigenvalue weighted by Gasteiger charge is 2.18. The van der Waals surface area contributed by atoms with Gasteiger partial charge in [0.05, 0.1) is 29.6 Å². The molecule has 3 nitrogen and oxygen atoms in total. The molecule has 0 saturated carbocycles. The van der Waals surface area contributed by atoms with Gasteiger partial charge in [0.1, 0.15) is 5.82 Å². The number of halogens is 1. The zero-order chi connectivity index (χ0) is 13.8. The van der Waals surface area contributed by atoms with Crippen LogP contribution in [0.2, 0.25) is 0 Å². The maximum atomic E-state index is 6.06. The topological polar surface area (TPSA) is 27.1 Å². The summed E-state index contributed by atoms with van der Waals surface area (Å²) in [7, 11) is 1.74. The predicted octanol–water partition coefficient (Wildman–Crippen LogP) is 4.07. The van der Waals surface area contributed by atoms with Crippen molar-refractivity contribution in [2.45, 2.75) is 38.6 Å². The van der Waals surface area contributed by atoms with E-state index in [0.717, 1.165) is 29.7 Å².